The van der Waals surface area contributed by atoms with Crippen molar-refractivity contribution in [2.75, 3.05) is 14.1 Å². The topological polar surface area (TPSA) is 101 Å². The van der Waals surface area contributed by atoms with Crippen LogP contribution in [0.3, 0.4) is 0 Å². The van der Waals surface area contributed by atoms with Crippen molar-refractivity contribution < 1.29 is 22.1 Å². The standard InChI is InChI=1S/C16H17ClN2O6S/c1-4-5-10-11(25-26(22,23)18(2)3)7-12-14(15(10)20)16(21)19-8-9(17)6-13(19)24-12/h6-8,20H,4-5H2,1-3H3. The fourth-order valence-corrected chi connectivity index (χ4v) is 3.30. The van der Waals surface area contributed by atoms with E-state index in [9.17, 15) is 18.3 Å². The fraction of sp³-hybridized carbons (Fsp3) is 0.312. The van der Waals surface area contributed by atoms with Crippen molar-refractivity contribution >= 4 is 38.6 Å². The molecule has 0 unspecified atom stereocenters. The normalized spacial score (nSPS) is 12.3. The van der Waals surface area contributed by atoms with Gasteiger partial charge < -0.3 is 13.7 Å². The van der Waals surface area contributed by atoms with Crippen LogP contribution in [-0.4, -0.2) is 36.3 Å². The van der Waals surface area contributed by atoms with Gasteiger partial charge in [-0.2, -0.15) is 12.7 Å². The highest BCUT2D eigenvalue weighted by molar-refractivity contribution is 7.84. The summed E-state index contributed by atoms with van der Waals surface area (Å²) in [6, 6.07) is 2.74. The molecule has 0 atom stereocenters. The number of hydrogen-bond donors (Lipinski definition) is 1. The molecular weight excluding hydrogens is 384 g/mol. The summed E-state index contributed by atoms with van der Waals surface area (Å²) in [5.41, 5.74) is -0.143. The summed E-state index contributed by atoms with van der Waals surface area (Å²) in [4.78, 5) is 12.7. The Morgan fingerprint density at radius 1 is 1.35 bits per heavy atom. The largest absolute Gasteiger partial charge is 0.507 e. The van der Waals surface area contributed by atoms with Gasteiger partial charge in [-0.05, 0) is 6.42 Å². The molecule has 0 aliphatic rings. The van der Waals surface area contributed by atoms with Crippen molar-refractivity contribution in [3.63, 3.8) is 0 Å². The van der Waals surface area contributed by atoms with E-state index in [1.165, 1.54) is 36.8 Å². The highest BCUT2D eigenvalue weighted by Crippen LogP contribution is 2.37. The quantitative estimate of drug-likeness (QED) is 0.706. The summed E-state index contributed by atoms with van der Waals surface area (Å²) in [6.45, 7) is 1.85. The van der Waals surface area contributed by atoms with Gasteiger partial charge in [0.2, 0.25) is 5.71 Å². The monoisotopic (exact) mass is 400 g/mol. The van der Waals surface area contributed by atoms with Gasteiger partial charge in [-0.15, -0.1) is 0 Å². The molecule has 0 aliphatic heterocycles. The first-order valence-electron chi connectivity index (χ1n) is 7.77. The summed E-state index contributed by atoms with van der Waals surface area (Å²) in [5.74, 6) is -0.454. The van der Waals surface area contributed by atoms with Crippen LogP contribution in [0.15, 0.2) is 27.5 Å². The number of hydrogen-bond acceptors (Lipinski definition) is 6. The second-order valence-corrected chi connectivity index (χ2v) is 8.11. The predicted molar refractivity (Wildman–Crippen MR) is 97.3 cm³/mol. The van der Waals surface area contributed by atoms with E-state index in [0.717, 1.165) is 4.31 Å². The zero-order valence-electron chi connectivity index (χ0n) is 14.3. The van der Waals surface area contributed by atoms with Crippen LogP contribution in [0, 0.1) is 0 Å². The fourth-order valence-electron chi connectivity index (χ4n) is 2.59. The number of halogens is 1. The van der Waals surface area contributed by atoms with E-state index in [4.69, 9.17) is 20.2 Å². The smallest absolute Gasteiger partial charge is 0.384 e. The van der Waals surface area contributed by atoms with Crippen LogP contribution in [0.1, 0.15) is 18.9 Å². The van der Waals surface area contributed by atoms with Gasteiger partial charge in [-0.3, -0.25) is 9.20 Å². The molecule has 1 N–H and O–H groups in total. The van der Waals surface area contributed by atoms with Crippen LogP contribution < -0.4 is 9.74 Å². The molecule has 0 spiro atoms. The lowest BCUT2D eigenvalue weighted by molar-refractivity contribution is 0.414. The first kappa shape index (κ1) is 18.6. The van der Waals surface area contributed by atoms with E-state index >= 15 is 0 Å². The number of phenolic OH excluding ortho intramolecular Hbond substituents is 1. The van der Waals surface area contributed by atoms with E-state index in [0.29, 0.717) is 17.9 Å². The Hall–Kier alpha value is -2.23. The van der Waals surface area contributed by atoms with Crippen molar-refractivity contribution in [2.45, 2.75) is 19.8 Å². The third kappa shape index (κ3) is 3.02. The van der Waals surface area contributed by atoms with Crippen molar-refractivity contribution in [2.24, 2.45) is 0 Å². The van der Waals surface area contributed by atoms with Crippen LogP contribution in [0.4, 0.5) is 0 Å². The Bertz CT molecular complexity index is 1160. The Morgan fingerprint density at radius 2 is 2.04 bits per heavy atom. The summed E-state index contributed by atoms with van der Waals surface area (Å²) >= 11 is 5.91. The molecular formula is C16H17ClN2O6S. The number of benzene rings is 1. The maximum atomic E-state index is 12.7. The molecule has 0 aliphatic carbocycles. The summed E-state index contributed by atoms with van der Waals surface area (Å²) in [6.07, 6.45) is 2.28. The predicted octanol–water partition coefficient (Wildman–Crippen LogP) is 2.54. The molecule has 0 bridgehead atoms. The van der Waals surface area contributed by atoms with E-state index in [1.54, 1.807) is 0 Å². The van der Waals surface area contributed by atoms with E-state index < -0.39 is 15.9 Å². The number of aromatic nitrogens is 1. The minimum atomic E-state index is -4.05. The van der Waals surface area contributed by atoms with Crippen LogP contribution in [0.25, 0.3) is 16.7 Å². The molecule has 2 heterocycles. The summed E-state index contributed by atoms with van der Waals surface area (Å²) < 4.78 is 37.0. The SMILES string of the molecule is CCCc1c(OS(=O)(=O)N(C)C)cc2oc3cc(Cl)cn3c(=O)c2c1O. The van der Waals surface area contributed by atoms with Gasteiger partial charge in [0.05, 0.1) is 5.02 Å². The highest BCUT2D eigenvalue weighted by atomic mass is 35.5. The lowest BCUT2D eigenvalue weighted by atomic mass is 10.0. The molecule has 0 saturated carbocycles. The van der Waals surface area contributed by atoms with Crippen molar-refractivity contribution in [3.8, 4) is 11.5 Å². The molecule has 10 heteroatoms. The average Bonchev–Trinajstić information content (AvgIpc) is 2.91. The second-order valence-electron chi connectivity index (χ2n) is 5.92. The minimum absolute atomic E-state index is 0.00132. The third-order valence-corrected chi connectivity index (χ3v) is 5.36. The molecule has 8 nitrogen and oxygen atoms in total. The van der Waals surface area contributed by atoms with Crippen molar-refractivity contribution in [3.05, 3.63) is 39.3 Å². The molecule has 1 aromatic carbocycles. The third-order valence-electron chi connectivity index (χ3n) is 3.87. The van der Waals surface area contributed by atoms with E-state index in [-0.39, 0.29) is 33.7 Å². The van der Waals surface area contributed by atoms with Gasteiger partial charge in [0.1, 0.15) is 16.7 Å². The molecule has 140 valence electrons. The Balaban J connectivity index is 2.36. The van der Waals surface area contributed by atoms with E-state index in [2.05, 4.69) is 0 Å². The summed E-state index contributed by atoms with van der Waals surface area (Å²) in [7, 11) is -1.41. The molecule has 3 aromatic rings. The van der Waals surface area contributed by atoms with Crippen molar-refractivity contribution in [1.29, 1.82) is 0 Å². The summed E-state index contributed by atoms with van der Waals surface area (Å²) in [5, 5.41) is 10.9. The first-order chi connectivity index (χ1) is 12.2. The molecule has 0 fully saturated rings. The van der Waals surface area contributed by atoms with Gasteiger partial charge >= 0.3 is 10.3 Å². The number of nitrogens with zero attached hydrogens (tertiary/aromatic N) is 2. The molecule has 3 rings (SSSR count). The molecule has 2 aromatic heterocycles. The second kappa shape index (κ2) is 6.49. The van der Waals surface area contributed by atoms with Crippen LogP contribution in [0.2, 0.25) is 5.02 Å². The Labute approximate surface area is 154 Å². The van der Waals surface area contributed by atoms with E-state index in [1.807, 2.05) is 6.92 Å². The number of fused-ring (bicyclic) bond motifs is 2. The molecule has 0 saturated heterocycles. The van der Waals surface area contributed by atoms with Gasteiger partial charge in [-0.1, -0.05) is 24.9 Å². The lowest BCUT2D eigenvalue weighted by Crippen LogP contribution is -2.27. The van der Waals surface area contributed by atoms with Crippen LogP contribution in [-0.2, 0) is 16.7 Å². The van der Waals surface area contributed by atoms with Crippen LogP contribution >= 0.6 is 11.6 Å². The lowest BCUT2D eigenvalue weighted by Gasteiger charge is -2.16. The van der Waals surface area contributed by atoms with Gasteiger partial charge in [0, 0.05) is 38.0 Å². The van der Waals surface area contributed by atoms with Crippen LogP contribution in [0.5, 0.6) is 11.5 Å². The Kier molecular flexibility index (Phi) is 4.63. The molecule has 0 radical (unpaired) electrons. The zero-order valence-corrected chi connectivity index (χ0v) is 15.9. The maximum Gasteiger partial charge on any atom is 0.384 e. The van der Waals surface area contributed by atoms with Gasteiger partial charge in [-0.25, -0.2) is 0 Å². The van der Waals surface area contributed by atoms with Crippen molar-refractivity contribution in [1.82, 2.24) is 8.71 Å². The number of rotatable bonds is 5. The average molecular weight is 401 g/mol. The molecule has 26 heavy (non-hydrogen) atoms. The first-order valence-corrected chi connectivity index (χ1v) is 9.51. The zero-order chi connectivity index (χ0) is 19.2. The minimum Gasteiger partial charge on any atom is -0.507 e. The molecule has 0 amide bonds. The van der Waals surface area contributed by atoms with Gasteiger partial charge in [0.15, 0.2) is 5.75 Å². The number of phenols is 1. The highest BCUT2D eigenvalue weighted by Gasteiger charge is 2.24. The maximum absolute atomic E-state index is 12.7. The van der Waals surface area contributed by atoms with Gasteiger partial charge in [0.25, 0.3) is 5.56 Å². The Morgan fingerprint density at radius 3 is 2.65 bits per heavy atom. The number of aromatic hydroxyl groups is 1.